The summed E-state index contributed by atoms with van der Waals surface area (Å²) in [7, 11) is 0. The molecule has 1 aromatic heterocycles. The molecule has 5 rings (SSSR count). The van der Waals surface area contributed by atoms with Gasteiger partial charge in [-0.3, -0.25) is 14.8 Å². The normalized spacial score (nSPS) is 24.3. The van der Waals surface area contributed by atoms with Crippen LogP contribution in [0.4, 0.5) is 5.69 Å². The molecule has 3 aromatic rings. The Hall–Kier alpha value is -2.66. The lowest BCUT2D eigenvalue weighted by molar-refractivity contribution is -0.120. The molecule has 0 saturated carbocycles. The quantitative estimate of drug-likeness (QED) is 0.792. The minimum absolute atomic E-state index is 0.100. The summed E-state index contributed by atoms with van der Waals surface area (Å²) >= 11 is 0. The van der Waals surface area contributed by atoms with E-state index in [0.717, 1.165) is 36.2 Å². The number of carbonyl (C=O) groups excluding carboxylic acids is 1. The van der Waals surface area contributed by atoms with Crippen LogP contribution < -0.4 is 4.90 Å². The number of amides is 1. The summed E-state index contributed by atoms with van der Waals surface area (Å²) in [5, 5.41) is 8.14. The van der Waals surface area contributed by atoms with E-state index in [4.69, 9.17) is 0 Å². The number of hydrogen-bond donors (Lipinski definition) is 1. The van der Waals surface area contributed by atoms with E-state index in [1.807, 2.05) is 35.4 Å². The summed E-state index contributed by atoms with van der Waals surface area (Å²) < 4.78 is 0. The second-order valence-electron chi connectivity index (χ2n) is 7.46. The summed E-state index contributed by atoms with van der Waals surface area (Å²) in [6.45, 7) is 4.86. The maximum atomic E-state index is 13.1. The monoisotopic (exact) mass is 346 g/mol. The molecule has 2 saturated heterocycles. The first-order valence-electron chi connectivity index (χ1n) is 9.25. The number of aromatic amines is 1. The first-order valence-corrected chi connectivity index (χ1v) is 9.25. The van der Waals surface area contributed by atoms with Crippen LogP contribution >= 0.6 is 0 Å². The zero-order valence-corrected chi connectivity index (χ0v) is 14.8. The molecule has 132 valence electrons. The Morgan fingerprint density at radius 1 is 1.08 bits per heavy atom. The van der Waals surface area contributed by atoms with Crippen molar-refractivity contribution in [3.8, 4) is 0 Å². The largest absolute Gasteiger partial charge is 0.311 e. The van der Waals surface area contributed by atoms with Gasteiger partial charge in [-0.05, 0) is 24.6 Å². The van der Waals surface area contributed by atoms with Gasteiger partial charge in [0.2, 0.25) is 5.91 Å². The number of likely N-dealkylation sites (tertiary alicyclic amines) is 1. The molecule has 0 unspecified atom stereocenters. The van der Waals surface area contributed by atoms with Crippen LogP contribution in [0.1, 0.15) is 18.5 Å². The van der Waals surface area contributed by atoms with E-state index in [2.05, 4.69) is 46.3 Å². The summed E-state index contributed by atoms with van der Waals surface area (Å²) in [4.78, 5) is 17.6. The van der Waals surface area contributed by atoms with E-state index in [-0.39, 0.29) is 11.8 Å². The molecule has 3 atom stereocenters. The average Bonchev–Trinajstić information content (AvgIpc) is 3.38. The van der Waals surface area contributed by atoms with Crippen molar-refractivity contribution in [2.45, 2.75) is 13.0 Å². The number of aromatic nitrogens is 2. The van der Waals surface area contributed by atoms with Gasteiger partial charge in [-0.25, -0.2) is 0 Å². The van der Waals surface area contributed by atoms with Gasteiger partial charge in [-0.2, -0.15) is 5.10 Å². The van der Waals surface area contributed by atoms with Crippen molar-refractivity contribution in [1.82, 2.24) is 15.1 Å². The topological polar surface area (TPSA) is 52.2 Å². The Balaban J connectivity index is 1.37. The number of nitrogens with zero attached hydrogens (tertiary/aromatic N) is 3. The fraction of sp³-hybridized carbons (Fsp3) is 0.333. The lowest BCUT2D eigenvalue weighted by Crippen LogP contribution is -2.34. The van der Waals surface area contributed by atoms with Gasteiger partial charge in [-0.1, -0.05) is 36.4 Å². The standard InChI is InChI=1S/C21H22N4O/c1-14(15-6-3-2-4-7-15)24-11-16-12-25(21(26)18(16)13-24)20-9-5-8-19-17(20)10-22-23-19/h2-10,14,16,18H,11-13H2,1H3,(H,22,23)/t14-,16+,18+/m1/s1. The molecule has 5 heteroatoms. The lowest BCUT2D eigenvalue weighted by Gasteiger charge is -2.27. The van der Waals surface area contributed by atoms with Gasteiger partial charge in [0.05, 0.1) is 23.3 Å². The SMILES string of the molecule is C[C@H](c1ccccc1)N1C[C@H]2CN(c3cccc4[nH]ncc34)C(=O)[C@H]2C1. The van der Waals surface area contributed by atoms with Crippen LogP contribution in [-0.4, -0.2) is 40.6 Å². The van der Waals surface area contributed by atoms with Crippen molar-refractivity contribution >= 4 is 22.5 Å². The van der Waals surface area contributed by atoms with Gasteiger partial charge in [-0.15, -0.1) is 0 Å². The van der Waals surface area contributed by atoms with E-state index < -0.39 is 0 Å². The van der Waals surface area contributed by atoms with Gasteiger partial charge in [0.15, 0.2) is 0 Å². The van der Waals surface area contributed by atoms with Gasteiger partial charge in [0, 0.05) is 37.0 Å². The Bertz CT molecular complexity index is 951. The van der Waals surface area contributed by atoms with Crippen LogP contribution in [0.25, 0.3) is 10.9 Å². The maximum absolute atomic E-state index is 13.1. The minimum atomic E-state index is 0.100. The van der Waals surface area contributed by atoms with Crippen LogP contribution in [0.2, 0.25) is 0 Å². The third kappa shape index (κ3) is 2.35. The van der Waals surface area contributed by atoms with Crippen LogP contribution in [-0.2, 0) is 4.79 Å². The predicted octanol–water partition coefficient (Wildman–Crippen LogP) is 3.22. The number of benzene rings is 2. The highest BCUT2D eigenvalue weighted by Gasteiger charge is 2.47. The highest BCUT2D eigenvalue weighted by atomic mass is 16.2. The number of carbonyl (C=O) groups is 1. The maximum Gasteiger partial charge on any atom is 0.231 e. The Kier molecular flexibility index (Phi) is 3.57. The number of H-pyrrole nitrogens is 1. The van der Waals surface area contributed by atoms with Crippen molar-refractivity contribution in [1.29, 1.82) is 0 Å². The van der Waals surface area contributed by atoms with Crippen LogP contribution in [0.15, 0.2) is 54.7 Å². The summed E-state index contributed by atoms with van der Waals surface area (Å²) in [6, 6.07) is 16.9. The molecule has 2 aliphatic heterocycles. The second kappa shape index (κ2) is 5.95. The highest BCUT2D eigenvalue weighted by molar-refractivity contribution is 6.05. The highest BCUT2D eigenvalue weighted by Crippen LogP contribution is 2.39. The molecule has 2 fully saturated rings. The fourth-order valence-corrected chi connectivity index (χ4v) is 4.56. The molecule has 0 spiro atoms. The van der Waals surface area contributed by atoms with Crippen molar-refractivity contribution in [2.75, 3.05) is 24.5 Å². The van der Waals surface area contributed by atoms with Gasteiger partial charge >= 0.3 is 0 Å². The predicted molar refractivity (Wildman–Crippen MR) is 102 cm³/mol. The number of fused-ring (bicyclic) bond motifs is 2. The number of nitrogens with one attached hydrogen (secondary N) is 1. The van der Waals surface area contributed by atoms with E-state index >= 15 is 0 Å². The molecule has 1 amide bonds. The minimum Gasteiger partial charge on any atom is -0.311 e. The van der Waals surface area contributed by atoms with Crippen molar-refractivity contribution < 1.29 is 4.79 Å². The summed E-state index contributed by atoms with van der Waals surface area (Å²) in [5.41, 5.74) is 3.28. The molecular weight excluding hydrogens is 324 g/mol. The molecule has 0 radical (unpaired) electrons. The van der Waals surface area contributed by atoms with Crippen molar-refractivity contribution in [3.63, 3.8) is 0 Å². The van der Waals surface area contributed by atoms with E-state index in [1.165, 1.54) is 5.56 Å². The molecule has 26 heavy (non-hydrogen) atoms. The Morgan fingerprint density at radius 3 is 2.73 bits per heavy atom. The zero-order chi connectivity index (χ0) is 17.7. The van der Waals surface area contributed by atoms with Gasteiger partial charge < -0.3 is 4.90 Å². The van der Waals surface area contributed by atoms with Crippen LogP contribution in [0.3, 0.4) is 0 Å². The first-order chi connectivity index (χ1) is 12.7. The second-order valence-corrected chi connectivity index (χ2v) is 7.46. The lowest BCUT2D eigenvalue weighted by atomic mass is 10.0. The molecular formula is C21H22N4O. The molecule has 0 bridgehead atoms. The van der Waals surface area contributed by atoms with Crippen molar-refractivity contribution in [2.24, 2.45) is 11.8 Å². The van der Waals surface area contributed by atoms with Crippen molar-refractivity contribution in [3.05, 3.63) is 60.3 Å². The van der Waals surface area contributed by atoms with E-state index in [0.29, 0.717) is 12.0 Å². The molecule has 1 N–H and O–H groups in total. The van der Waals surface area contributed by atoms with E-state index in [1.54, 1.807) is 0 Å². The van der Waals surface area contributed by atoms with Crippen LogP contribution in [0.5, 0.6) is 0 Å². The smallest absolute Gasteiger partial charge is 0.231 e. The van der Waals surface area contributed by atoms with Gasteiger partial charge in [0.1, 0.15) is 0 Å². The zero-order valence-electron chi connectivity index (χ0n) is 14.8. The molecule has 0 aliphatic carbocycles. The third-order valence-corrected chi connectivity index (χ3v) is 6.05. The number of hydrogen-bond acceptors (Lipinski definition) is 3. The van der Waals surface area contributed by atoms with Gasteiger partial charge in [0.25, 0.3) is 0 Å². The fourth-order valence-electron chi connectivity index (χ4n) is 4.56. The summed E-state index contributed by atoms with van der Waals surface area (Å²) in [5.74, 6) is 0.755. The molecule has 5 nitrogen and oxygen atoms in total. The average molecular weight is 346 g/mol. The number of anilines is 1. The molecule has 2 aliphatic rings. The third-order valence-electron chi connectivity index (χ3n) is 6.05. The molecule has 2 aromatic carbocycles. The Morgan fingerprint density at radius 2 is 1.92 bits per heavy atom. The van der Waals surface area contributed by atoms with Crippen LogP contribution in [0, 0.1) is 11.8 Å². The first kappa shape index (κ1) is 15.6. The number of rotatable bonds is 3. The summed E-state index contributed by atoms with van der Waals surface area (Å²) in [6.07, 6.45) is 1.82. The van der Waals surface area contributed by atoms with E-state index in [9.17, 15) is 4.79 Å². The molecule has 3 heterocycles. The Labute approximate surface area is 152 Å².